The fraction of sp³-hybridized carbons (Fsp3) is 0.667. The van der Waals surface area contributed by atoms with Gasteiger partial charge in [-0.25, -0.2) is 17.5 Å². The first-order valence-electron chi connectivity index (χ1n) is 8.98. The molecule has 0 radical (unpaired) electrons. The van der Waals surface area contributed by atoms with Gasteiger partial charge in [0.2, 0.25) is 10.0 Å². The first-order valence-corrected chi connectivity index (χ1v) is 10.6. The average Bonchev–Trinajstić information content (AvgIpc) is 3.10. The van der Waals surface area contributed by atoms with Crippen LogP contribution in [0, 0.1) is 11.7 Å². The van der Waals surface area contributed by atoms with Crippen LogP contribution >= 0.6 is 0 Å². The molecule has 0 unspecified atom stereocenters. The fourth-order valence-electron chi connectivity index (χ4n) is 3.89. The number of hydrogen-bond donors (Lipinski definition) is 1. The molecule has 1 aromatic rings. The summed E-state index contributed by atoms with van der Waals surface area (Å²) in [4.78, 5) is 2.59. The summed E-state index contributed by atoms with van der Waals surface area (Å²) in [5, 5.41) is 0. The molecule has 6 heteroatoms. The highest BCUT2D eigenvalue weighted by Gasteiger charge is 2.27. The standard InChI is InChI=1S/C18H27FN2O2S/c19-17-7-5-16(6-8-17)14-24(22,23)20-13-15-9-11-21(12-10-15)18-3-1-2-4-18/h5-8,15,18,20H,1-4,9-14H2. The largest absolute Gasteiger partial charge is 0.300 e. The van der Waals surface area contributed by atoms with Gasteiger partial charge in [-0.15, -0.1) is 0 Å². The third kappa shape index (κ3) is 5.01. The van der Waals surface area contributed by atoms with Gasteiger partial charge in [-0.2, -0.15) is 0 Å². The Morgan fingerprint density at radius 2 is 1.67 bits per heavy atom. The van der Waals surface area contributed by atoms with E-state index in [0.29, 0.717) is 18.0 Å². The summed E-state index contributed by atoms with van der Waals surface area (Å²) in [5.41, 5.74) is 0.611. The zero-order valence-electron chi connectivity index (χ0n) is 14.1. The van der Waals surface area contributed by atoms with E-state index in [0.717, 1.165) is 32.0 Å². The van der Waals surface area contributed by atoms with E-state index in [1.165, 1.54) is 49.9 Å². The number of rotatable bonds is 6. The molecule has 24 heavy (non-hydrogen) atoms. The lowest BCUT2D eigenvalue weighted by atomic mass is 9.96. The Bertz CT molecular complexity index is 619. The minimum absolute atomic E-state index is 0.0891. The van der Waals surface area contributed by atoms with Crippen molar-refractivity contribution in [2.24, 2.45) is 5.92 Å². The van der Waals surface area contributed by atoms with Gasteiger partial charge in [0, 0.05) is 12.6 Å². The molecule has 0 spiro atoms. The Kier molecular flexibility index (Phi) is 5.89. The molecule has 2 fully saturated rings. The van der Waals surface area contributed by atoms with Crippen molar-refractivity contribution >= 4 is 10.0 Å². The van der Waals surface area contributed by atoms with Gasteiger partial charge in [-0.3, -0.25) is 0 Å². The maximum Gasteiger partial charge on any atom is 0.215 e. The molecule has 0 atom stereocenters. The molecule has 1 saturated carbocycles. The maximum absolute atomic E-state index is 12.9. The second-order valence-electron chi connectivity index (χ2n) is 7.15. The lowest BCUT2D eigenvalue weighted by Gasteiger charge is -2.36. The van der Waals surface area contributed by atoms with Gasteiger partial charge in [-0.1, -0.05) is 25.0 Å². The molecule has 0 aromatic heterocycles. The third-order valence-electron chi connectivity index (χ3n) is 5.35. The van der Waals surface area contributed by atoms with Crippen LogP contribution < -0.4 is 4.72 Å². The molecule has 134 valence electrons. The Balaban J connectivity index is 1.42. The number of halogens is 1. The van der Waals surface area contributed by atoms with Crippen LogP contribution in [0.4, 0.5) is 4.39 Å². The van der Waals surface area contributed by atoms with Gasteiger partial charge in [0.05, 0.1) is 5.75 Å². The molecule has 1 aliphatic heterocycles. The Labute approximate surface area is 144 Å². The fourth-order valence-corrected chi connectivity index (χ4v) is 5.11. The lowest BCUT2D eigenvalue weighted by molar-refractivity contribution is 0.135. The van der Waals surface area contributed by atoms with Crippen molar-refractivity contribution < 1.29 is 12.8 Å². The summed E-state index contributed by atoms with van der Waals surface area (Å²) in [6.07, 6.45) is 7.50. The molecule has 4 nitrogen and oxygen atoms in total. The zero-order chi connectivity index (χ0) is 17.0. The quantitative estimate of drug-likeness (QED) is 0.855. The summed E-state index contributed by atoms with van der Waals surface area (Å²) in [6, 6.07) is 6.40. The number of sulfonamides is 1. The number of likely N-dealkylation sites (tertiary alicyclic amines) is 1. The number of nitrogens with zero attached hydrogens (tertiary/aromatic N) is 1. The van der Waals surface area contributed by atoms with Gasteiger partial charge < -0.3 is 4.90 Å². The summed E-state index contributed by atoms with van der Waals surface area (Å²) < 4.78 is 40.0. The number of piperidine rings is 1. The van der Waals surface area contributed by atoms with E-state index < -0.39 is 10.0 Å². The van der Waals surface area contributed by atoms with Gasteiger partial charge >= 0.3 is 0 Å². The van der Waals surface area contributed by atoms with Gasteiger partial charge in [0.15, 0.2) is 0 Å². The van der Waals surface area contributed by atoms with E-state index >= 15 is 0 Å². The molecule has 1 saturated heterocycles. The molecule has 1 heterocycles. The number of nitrogens with one attached hydrogen (secondary N) is 1. The second kappa shape index (κ2) is 7.93. The smallest absolute Gasteiger partial charge is 0.215 e. The summed E-state index contributed by atoms with van der Waals surface area (Å²) in [6.45, 7) is 2.70. The van der Waals surface area contributed by atoms with Crippen molar-refractivity contribution in [1.82, 2.24) is 9.62 Å². The highest BCUT2D eigenvalue weighted by atomic mass is 32.2. The molecule has 1 aliphatic carbocycles. The average molecular weight is 354 g/mol. The first kappa shape index (κ1) is 17.8. The molecule has 2 aliphatic rings. The van der Waals surface area contributed by atoms with Crippen LogP contribution in [-0.4, -0.2) is 39.0 Å². The van der Waals surface area contributed by atoms with E-state index in [4.69, 9.17) is 0 Å². The minimum Gasteiger partial charge on any atom is -0.300 e. The summed E-state index contributed by atoms with van der Waals surface area (Å²) >= 11 is 0. The van der Waals surface area contributed by atoms with Crippen molar-refractivity contribution in [1.29, 1.82) is 0 Å². The molecular weight excluding hydrogens is 327 g/mol. The van der Waals surface area contributed by atoms with Crippen molar-refractivity contribution in [3.63, 3.8) is 0 Å². The SMILES string of the molecule is O=S(=O)(Cc1ccc(F)cc1)NCC1CCN(C2CCCC2)CC1. The van der Waals surface area contributed by atoms with Crippen molar-refractivity contribution in [3.8, 4) is 0 Å². The predicted molar refractivity (Wildman–Crippen MR) is 93.6 cm³/mol. The van der Waals surface area contributed by atoms with Crippen LogP contribution in [0.1, 0.15) is 44.1 Å². The van der Waals surface area contributed by atoms with Crippen LogP contribution in [0.25, 0.3) is 0 Å². The van der Waals surface area contributed by atoms with E-state index in [1.54, 1.807) is 0 Å². The maximum atomic E-state index is 12.9. The molecule has 0 bridgehead atoms. The highest BCUT2D eigenvalue weighted by Crippen LogP contribution is 2.27. The van der Waals surface area contributed by atoms with Crippen LogP contribution in [0.15, 0.2) is 24.3 Å². The van der Waals surface area contributed by atoms with E-state index in [-0.39, 0.29) is 11.6 Å². The molecule has 3 rings (SSSR count). The van der Waals surface area contributed by atoms with Crippen molar-refractivity contribution in [2.75, 3.05) is 19.6 Å². The van der Waals surface area contributed by atoms with Crippen molar-refractivity contribution in [3.05, 3.63) is 35.6 Å². The van der Waals surface area contributed by atoms with Crippen LogP contribution in [0.3, 0.4) is 0 Å². The Morgan fingerprint density at radius 3 is 2.29 bits per heavy atom. The molecule has 1 aromatic carbocycles. The summed E-state index contributed by atoms with van der Waals surface area (Å²) in [7, 11) is -3.36. The molecular formula is C18H27FN2O2S. The van der Waals surface area contributed by atoms with Gasteiger partial charge in [0.1, 0.15) is 5.82 Å². The van der Waals surface area contributed by atoms with Gasteiger partial charge in [0.25, 0.3) is 0 Å². The topological polar surface area (TPSA) is 49.4 Å². The van der Waals surface area contributed by atoms with Gasteiger partial charge in [-0.05, 0) is 62.4 Å². The zero-order valence-corrected chi connectivity index (χ0v) is 14.9. The summed E-state index contributed by atoms with van der Waals surface area (Å²) in [5.74, 6) is -0.0161. The minimum atomic E-state index is -3.36. The third-order valence-corrected chi connectivity index (χ3v) is 6.67. The van der Waals surface area contributed by atoms with E-state index in [9.17, 15) is 12.8 Å². The highest BCUT2D eigenvalue weighted by molar-refractivity contribution is 7.88. The predicted octanol–water partition coefficient (Wildman–Crippen LogP) is 2.90. The second-order valence-corrected chi connectivity index (χ2v) is 8.96. The van der Waals surface area contributed by atoms with Crippen LogP contribution in [-0.2, 0) is 15.8 Å². The van der Waals surface area contributed by atoms with E-state index in [1.807, 2.05) is 0 Å². The van der Waals surface area contributed by atoms with Crippen LogP contribution in [0.2, 0.25) is 0 Å². The van der Waals surface area contributed by atoms with Crippen molar-refractivity contribution in [2.45, 2.75) is 50.3 Å². The normalized spacial score (nSPS) is 21.4. The monoisotopic (exact) mass is 354 g/mol. The van der Waals surface area contributed by atoms with Crippen LogP contribution in [0.5, 0.6) is 0 Å². The first-order chi connectivity index (χ1) is 11.5. The molecule has 0 amide bonds. The Hall–Kier alpha value is -0.980. The Morgan fingerprint density at radius 1 is 1.04 bits per heavy atom. The molecule has 1 N–H and O–H groups in total. The lowest BCUT2D eigenvalue weighted by Crippen LogP contribution is -2.42. The van der Waals surface area contributed by atoms with E-state index in [2.05, 4.69) is 9.62 Å². The number of hydrogen-bond acceptors (Lipinski definition) is 3. The number of benzene rings is 1.